The fourth-order valence-corrected chi connectivity index (χ4v) is 1.81. The molecule has 0 saturated carbocycles. The Bertz CT molecular complexity index is 431. The zero-order valence-electron chi connectivity index (χ0n) is 10.4. The molecule has 0 aromatic carbocycles. The third-order valence-electron chi connectivity index (χ3n) is 2.79. The van der Waals surface area contributed by atoms with E-state index in [-0.39, 0.29) is 0 Å². The maximum atomic E-state index is 4.19. The topological polar surface area (TPSA) is 47.7 Å². The van der Waals surface area contributed by atoms with E-state index >= 15 is 0 Å². The minimum atomic E-state index is 0.384. The number of nitrogens with one attached hydrogen (secondary N) is 1. The second-order valence-corrected chi connectivity index (χ2v) is 4.18. The Morgan fingerprint density at radius 1 is 1.47 bits per heavy atom. The Balaban J connectivity index is 1.82. The monoisotopic (exact) mass is 233 g/mol. The molecule has 92 valence electrons. The molecule has 2 heterocycles. The first kappa shape index (κ1) is 11.9. The summed E-state index contributed by atoms with van der Waals surface area (Å²) in [5.41, 5.74) is 1.22. The van der Waals surface area contributed by atoms with E-state index in [1.54, 1.807) is 6.20 Å². The zero-order valence-corrected chi connectivity index (χ0v) is 10.4. The molecule has 0 radical (unpaired) electrons. The molecule has 5 nitrogen and oxygen atoms in total. The molecule has 2 aromatic rings. The van der Waals surface area contributed by atoms with Gasteiger partial charge in [0.1, 0.15) is 0 Å². The van der Waals surface area contributed by atoms with E-state index in [1.165, 1.54) is 5.69 Å². The van der Waals surface area contributed by atoms with Gasteiger partial charge in [0.05, 0.1) is 18.6 Å². The van der Waals surface area contributed by atoms with E-state index in [2.05, 4.69) is 33.8 Å². The van der Waals surface area contributed by atoms with Crippen LogP contribution in [0.4, 0.5) is 0 Å². The molecular weight excluding hydrogens is 214 g/mol. The van der Waals surface area contributed by atoms with E-state index in [0.717, 1.165) is 19.6 Å². The van der Waals surface area contributed by atoms with Gasteiger partial charge in [-0.25, -0.2) is 4.98 Å². The van der Waals surface area contributed by atoms with Crippen LogP contribution >= 0.6 is 0 Å². The lowest BCUT2D eigenvalue weighted by Crippen LogP contribution is -2.30. The van der Waals surface area contributed by atoms with Crippen molar-refractivity contribution in [1.82, 2.24) is 24.6 Å². The fraction of sp³-hybridized carbons (Fsp3) is 0.500. The summed E-state index contributed by atoms with van der Waals surface area (Å²) in [7, 11) is 0. The van der Waals surface area contributed by atoms with Gasteiger partial charge in [-0.3, -0.25) is 4.68 Å². The van der Waals surface area contributed by atoms with E-state index in [1.807, 2.05) is 29.5 Å². The summed E-state index contributed by atoms with van der Waals surface area (Å²) in [6, 6.07) is 2.33. The molecule has 0 aliphatic carbocycles. The smallest absolute Gasteiger partial charge is 0.0948 e. The van der Waals surface area contributed by atoms with Gasteiger partial charge in [0, 0.05) is 37.7 Å². The maximum Gasteiger partial charge on any atom is 0.0948 e. The average Bonchev–Trinajstić information content (AvgIpc) is 2.96. The summed E-state index contributed by atoms with van der Waals surface area (Å²) in [5.74, 6) is 0. The van der Waals surface area contributed by atoms with Gasteiger partial charge in [-0.15, -0.1) is 0 Å². The quantitative estimate of drug-likeness (QED) is 0.817. The van der Waals surface area contributed by atoms with Crippen molar-refractivity contribution in [3.63, 3.8) is 0 Å². The zero-order chi connectivity index (χ0) is 12.1. The summed E-state index contributed by atoms with van der Waals surface area (Å²) >= 11 is 0. The Morgan fingerprint density at radius 2 is 2.35 bits per heavy atom. The second kappa shape index (κ2) is 5.63. The van der Waals surface area contributed by atoms with Crippen molar-refractivity contribution in [1.29, 1.82) is 0 Å². The van der Waals surface area contributed by atoms with E-state index < -0.39 is 0 Å². The highest BCUT2D eigenvalue weighted by atomic mass is 15.3. The predicted octanol–water partition coefficient (Wildman–Crippen LogP) is 1.28. The fourth-order valence-electron chi connectivity index (χ4n) is 1.81. The van der Waals surface area contributed by atoms with E-state index in [9.17, 15) is 0 Å². The third kappa shape index (κ3) is 3.17. The van der Waals surface area contributed by atoms with Crippen molar-refractivity contribution >= 4 is 0 Å². The molecule has 0 aliphatic rings. The van der Waals surface area contributed by atoms with Crippen molar-refractivity contribution in [2.24, 2.45) is 0 Å². The number of rotatable bonds is 6. The molecule has 0 fully saturated rings. The summed E-state index contributed by atoms with van der Waals surface area (Å²) in [5, 5.41) is 7.67. The van der Waals surface area contributed by atoms with Crippen LogP contribution < -0.4 is 5.32 Å². The standard InChI is InChI=1S/C12H19N5/c1-3-16-10-13-7-12(16)8-14-11(2)9-17-6-4-5-15-17/h4-7,10-11,14H,3,8-9H2,1-2H3. The van der Waals surface area contributed by atoms with Crippen molar-refractivity contribution in [2.75, 3.05) is 0 Å². The molecule has 0 amide bonds. The van der Waals surface area contributed by atoms with Crippen molar-refractivity contribution < 1.29 is 0 Å². The lowest BCUT2D eigenvalue weighted by atomic mass is 10.3. The van der Waals surface area contributed by atoms with Gasteiger partial charge >= 0.3 is 0 Å². The minimum Gasteiger partial charge on any atom is -0.334 e. The van der Waals surface area contributed by atoms with E-state index in [4.69, 9.17) is 0 Å². The first-order valence-corrected chi connectivity index (χ1v) is 5.99. The van der Waals surface area contributed by atoms with Gasteiger partial charge in [-0.1, -0.05) is 0 Å². The molecule has 1 N–H and O–H groups in total. The van der Waals surface area contributed by atoms with Crippen LogP contribution in [0.5, 0.6) is 0 Å². The Hall–Kier alpha value is -1.62. The second-order valence-electron chi connectivity index (χ2n) is 4.18. The highest BCUT2D eigenvalue weighted by molar-refractivity contribution is 4.97. The van der Waals surface area contributed by atoms with Crippen LogP contribution in [-0.2, 0) is 19.6 Å². The van der Waals surface area contributed by atoms with Crippen molar-refractivity contribution in [2.45, 2.75) is 39.5 Å². The van der Waals surface area contributed by atoms with Crippen LogP contribution in [0.3, 0.4) is 0 Å². The first-order chi connectivity index (χ1) is 8.29. The van der Waals surface area contributed by atoms with E-state index in [0.29, 0.717) is 6.04 Å². The molecule has 2 rings (SSSR count). The molecule has 5 heteroatoms. The summed E-state index contributed by atoms with van der Waals surface area (Å²) in [4.78, 5) is 4.15. The SMILES string of the molecule is CCn1cncc1CNC(C)Cn1cccn1. The predicted molar refractivity (Wildman–Crippen MR) is 66.4 cm³/mol. The largest absolute Gasteiger partial charge is 0.334 e. The number of imidazole rings is 1. The van der Waals surface area contributed by atoms with Gasteiger partial charge in [-0.2, -0.15) is 5.10 Å². The summed E-state index contributed by atoms with van der Waals surface area (Å²) in [6.07, 6.45) is 7.57. The van der Waals surface area contributed by atoms with Gasteiger partial charge in [0.15, 0.2) is 0 Å². The van der Waals surface area contributed by atoms with Crippen molar-refractivity contribution in [3.8, 4) is 0 Å². The van der Waals surface area contributed by atoms with Gasteiger partial charge < -0.3 is 9.88 Å². The molecular formula is C12H19N5. The van der Waals surface area contributed by atoms with Crippen LogP contribution in [-0.4, -0.2) is 25.4 Å². The van der Waals surface area contributed by atoms with Crippen LogP contribution in [0.2, 0.25) is 0 Å². The molecule has 1 unspecified atom stereocenters. The lowest BCUT2D eigenvalue weighted by Gasteiger charge is -2.14. The Labute approximate surface area is 101 Å². The van der Waals surface area contributed by atoms with Gasteiger partial charge in [0.25, 0.3) is 0 Å². The molecule has 0 aliphatic heterocycles. The van der Waals surface area contributed by atoms with Gasteiger partial charge in [-0.05, 0) is 19.9 Å². The lowest BCUT2D eigenvalue weighted by molar-refractivity contribution is 0.444. The summed E-state index contributed by atoms with van der Waals surface area (Å²) in [6.45, 7) is 6.97. The number of nitrogens with zero attached hydrogens (tertiary/aromatic N) is 4. The first-order valence-electron chi connectivity index (χ1n) is 5.99. The number of aryl methyl sites for hydroxylation is 1. The number of aromatic nitrogens is 4. The van der Waals surface area contributed by atoms with Gasteiger partial charge in [0.2, 0.25) is 0 Å². The Kier molecular flexibility index (Phi) is 3.93. The van der Waals surface area contributed by atoms with Crippen molar-refractivity contribution in [3.05, 3.63) is 36.7 Å². The van der Waals surface area contributed by atoms with Crippen LogP contribution in [0.25, 0.3) is 0 Å². The molecule has 0 saturated heterocycles. The number of hydrogen-bond donors (Lipinski definition) is 1. The normalized spacial score (nSPS) is 12.8. The molecule has 0 spiro atoms. The summed E-state index contributed by atoms with van der Waals surface area (Å²) < 4.78 is 4.09. The van der Waals surface area contributed by atoms with Crippen LogP contribution in [0, 0.1) is 0 Å². The highest BCUT2D eigenvalue weighted by Crippen LogP contribution is 2.00. The molecule has 2 aromatic heterocycles. The Morgan fingerprint density at radius 3 is 3.06 bits per heavy atom. The van der Waals surface area contributed by atoms with Crippen LogP contribution in [0.1, 0.15) is 19.5 Å². The number of hydrogen-bond acceptors (Lipinski definition) is 3. The third-order valence-corrected chi connectivity index (χ3v) is 2.79. The molecule has 17 heavy (non-hydrogen) atoms. The molecule has 1 atom stereocenters. The highest BCUT2D eigenvalue weighted by Gasteiger charge is 2.05. The molecule has 0 bridgehead atoms. The maximum absolute atomic E-state index is 4.19. The minimum absolute atomic E-state index is 0.384. The average molecular weight is 233 g/mol. The van der Waals surface area contributed by atoms with Crippen LogP contribution in [0.15, 0.2) is 31.0 Å².